The van der Waals surface area contributed by atoms with Crippen LogP contribution >= 0.6 is 11.6 Å². The molecule has 2 saturated heterocycles. The minimum Gasteiger partial charge on any atom is -0.495 e. The van der Waals surface area contributed by atoms with Gasteiger partial charge in [-0.3, -0.25) is 4.90 Å². The molecule has 0 unspecified atom stereocenters. The number of halogens is 1. The zero-order valence-corrected chi connectivity index (χ0v) is 22.8. The third kappa shape index (κ3) is 6.07. The molecule has 35 heavy (non-hydrogen) atoms. The number of hydrogen-bond donors (Lipinski definition) is 0. The van der Waals surface area contributed by atoms with Crippen LogP contribution in [0.4, 0.5) is 5.69 Å². The number of methoxy groups -OCH3 is 1. The largest absolute Gasteiger partial charge is 0.495 e. The smallest absolute Gasteiger partial charge is 0.147 e. The fraction of sp³-hybridized carbons (Fsp3) is 0.556. The average molecular weight is 521 g/mol. The monoisotopic (exact) mass is 520 g/mol. The van der Waals surface area contributed by atoms with Crippen LogP contribution in [0.15, 0.2) is 30.3 Å². The number of hydrogen-bond acceptors (Lipinski definition) is 6. The van der Waals surface area contributed by atoms with Crippen molar-refractivity contribution < 1.29 is 17.9 Å². The van der Waals surface area contributed by atoms with E-state index >= 15 is 0 Å². The molecular formula is C27H37ClN2O4S. The van der Waals surface area contributed by atoms with Crippen molar-refractivity contribution in [3.8, 4) is 11.5 Å². The van der Waals surface area contributed by atoms with Crippen molar-refractivity contribution in [3.63, 3.8) is 0 Å². The number of sulfone groups is 1. The van der Waals surface area contributed by atoms with E-state index in [9.17, 15) is 8.42 Å². The van der Waals surface area contributed by atoms with Gasteiger partial charge in [0, 0.05) is 49.7 Å². The van der Waals surface area contributed by atoms with Gasteiger partial charge in [0.05, 0.1) is 24.5 Å². The van der Waals surface area contributed by atoms with Gasteiger partial charge in [0.25, 0.3) is 0 Å². The van der Waals surface area contributed by atoms with Crippen molar-refractivity contribution in [2.75, 3.05) is 50.3 Å². The first kappa shape index (κ1) is 26.1. The van der Waals surface area contributed by atoms with Gasteiger partial charge in [0.15, 0.2) is 0 Å². The molecule has 8 heteroatoms. The standard InChI is InChI=1S/C27H37ClN2O4S/c1-19-20(2)26(34-15-6-16-35(4,31)32)12-10-23(19)25-8-5-7-22-18-29(13-14-30(22)25)21-9-11-24(28)27(17-21)33-3/h9-12,17,22,25H,5-8,13-16,18H2,1-4H3/t22-,25+/m0/s1. The summed E-state index contributed by atoms with van der Waals surface area (Å²) >= 11 is 6.24. The number of benzene rings is 2. The Morgan fingerprint density at radius 3 is 2.60 bits per heavy atom. The normalized spacial score (nSPS) is 21.0. The minimum atomic E-state index is -2.96. The minimum absolute atomic E-state index is 0.154. The number of anilines is 1. The van der Waals surface area contributed by atoms with Gasteiger partial charge in [0.2, 0.25) is 0 Å². The number of nitrogens with zero attached hydrogens (tertiary/aromatic N) is 2. The fourth-order valence-electron chi connectivity index (χ4n) is 5.50. The van der Waals surface area contributed by atoms with Gasteiger partial charge in [-0.25, -0.2) is 8.42 Å². The molecule has 2 aliphatic heterocycles. The average Bonchev–Trinajstić information content (AvgIpc) is 2.83. The molecule has 2 atom stereocenters. The van der Waals surface area contributed by atoms with Crippen molar-refractivity contribution >= 4 is 27.1 Å². The molecule has 2 aromatic carbocycles. The van der Waals surface area contributed by atoms with Crippen molar-refractivity contribution in [1.82, 2.24) is 4.90 Å². The van der Waals surface area contributed by atoms with Gasteiger partial charge >= 0.3 is 0 Å². The predicted molar refractivity (Wildman–Crippen MR) is 143 cm³/mol. The van der Waals surface area contributed by atoms with Crippen LogP contribution in [0, 0.1) is 13.8 Å². The van der Waals surface area contributed by atoms with Gasteiger partial charge < -0.3 is 14.4 Å². The Balaban J connectivity index is 1.45. The van der Waals surface area contributed by atoms with E-state index in [0.717, 1.165) is 42.4 Å². The van der Waals surface area contributed by atoms with Crippen molar-refractivity contribution in [3.05, 3.63) is 52.0 Å². The quantitative estimate of drug-likeness (QED) is 0.446. The molecule has 4 rings (SSSR count). The highest BCUT2D eigenvalue weighted by Crippen LogP contribution is 2.40. The molecule has 0 N–H and O–H groups in total. The SMILES string of the molecule is COc1cc(N2CCN3[C@@H](CCC[C@@H]3c3ccc(OCCCS(C)(=O)=O)c(C)c3C)C2)ccc1Cl. The summed E-state index contributed by atoms with van der Waals surface area (Å²) in [5, 5.41) is 0.640. The van der Waals surface area contributed by atoms with E-state index in [0.29, 0.717) is 30.1 Å². The Bertz CT molecular complexity index is 1150. The molecule has 0 aromatic heterocycles. The maximum absolute atomic E-state index is 11.4. The molecule has 2 aliphatic rings. The first-order valence-corrected chi connectivity index (χ1v) is 14.9. The topological polar surface area (TPSA) is 59.1 Å². The van der Waals surface area contributed by atoms with Crippen LogP contribution in [0.25, 0.3) is 0 Å². The number of piperidine rings is 1. The van der Waals surface area contributed by atoms with Gasteiger partial charge in [-0.05, 0) is 74.4 Å². The van der Waals surface area contributed by atoms with E-state index in [4.69, 9.17) is 21.1 Å². The number of fused-ring (bicyclic) bond motifs is 1. The van der Waals surface area contributed by atoms with Crippen molar-refractivity contribution in [2.45, 2.75) is 51.6 Å². The summed E-state index contributed by atoms with van der Waals surface area (Å²) in [5.41, 5.74) is 4.98. The highest BCUT2D eigenvalue weighted by molar-refractivity contribution is 7.90. The second-order valence-corrected chi connectivity index (χ2v) is 12.5. The van der Waals surface area contributed by atoms with Crippen LogP contribution in [0.1, 0.15) is 48.4 Å². The summed E-state index contributed by atoms with van der Waals surface area (Å²) in [6, 6.07) is 11.3. The maximum atomic E-state index is 11.4. The molecular weight excluding hydrogens is 484 g/mol. The first-order valence-electron chi connectivity index (χ1n) is 12.4. The van der Waals surface area contributed by atoms with E-state index < -0.39 is 9.84 Å². The summed E-state index contributed by atoms with van der Waals surface area (Å²) < 4.78 is 34.1. The highest BCUT2D eigenvalue weighted by Gasteiger charge is 2.36. The molecule has 0 bridgehead atoms. The van der Waals surface area contributed by atoms with Gasteiger partial charge in [0.1, 0.15) is 21.3 Å². The molecule has 2 heterocycles. The van der Waals surface area contributed by atoms with E-state index in [1.807, 2.05) is 12.1 Å². The van der Waals surface area contributed by atoms with Gasteiger partial charge in [-0.1, -0.05) is 17.7 Å². The summed E-state index contributed by atoms with van der Waals surface area (Å²) in [6.07, 6.45) is 5.36. The van der Waals surface area contributed by atoms with E-state index in [2.05, 4.69) is 41.8 Å². The highest BCUT2D eigenvalue weighted by atomic mass is 35.5. The van der Waals surface area contributed by atoms with E-state index in [-0.39, 0.29) is 5.75 Å². The van der Waals surface area contributed by atoms with Crippen molar-refractivity contribution in [2.24, 2.45) is 0 Å². The van der Waals surface area contributed by atoms with Crippen LogP contribution in [0.2, 0.25) is 5.02 Å². The van der Waals surface area contributed by atoms with Gasteiger partial charge in [-0.15, -0.1) is 0 Å². The Morgan fingerprint density at radius 2 is 1.86 bits per heavy atom. The second kappa shape index (κ2) is 11.0. The molecule has 0 amide bonds. The number of rotatable bonds is 8. The summed E-state index contributed by atoms with van der Waals surface area (Å²) in [4.78, 5) is 5.15. The molecule has 0 radical (unpaired) electrons. The molecule has 192 valence electrons. The van der Waals surface area contributed by atoms with Crippen LogP contribution < -0.4 is 14.4 Å². The van der Waals surface area contributed by atoms with E-state index in [1.54, 1.807) is 7.11 Å². The molecule has 2 fully saturated rings. The number of ether oxygens (including phenoxy) is 2. The van der Waals surface area contributed by atoms with Gasteiger partial charge in [-0.2, -0.15) is 0 Å². The Labute approximate surface area is 215 Å². The number of piperazine rings is 1. The lowest BCUT2D eigenvalue weighted by molar-refractivity contribution is 0.0712. The summed E-state index contributed by atoms with van der Waals surface area (Å²) in [6.45, 7) is 7.70. The van der Waals surface area contributed by atoms with Crippen molar-refractivity contribution in [1.29, 1.82) is 0 Å². The Hall–Kier alpha value is -1.96. The zero-order valence-electron chi connectivity index (χ0n) is 21.2. The molecule has 2 aromatic rings. The van der Waals surface area contributed by atoms with Crippen LogP contribution in [-0.4, -0.2) is 64.7 Å². The van der Waals surface area contributed by atoms with Crippen LogP contribution in [-0.2, 0) is 9.84 Å². The third-order valence-electron chi connectivity index (χ3n) is 7.50. The Kier molecular flexibility index (Phi) is 8.19. The lowest BCUT2D eigenvalue weighted by Gasteiger charge is -2.49. The molecule has 6 nitrogen and oxygen atoms in total. The zero-order chi connectivity index (χ0) is 25.2. The third-order valence-corrected chi connectivity index (χ3v) is 8.84. The second-order valence-electron chi connectivity index (χ2n) is 9.84. The lowest BCUT2D eigenvalue weighted by Crippen LogP contribution is -2.56. The lowest BCUT2D eigenvalue weighted by atomic mass is 9.86. The molecule has 0 spiro atoms. The molecule has 0 aliphatic carbocycles. The van der Waals surface area contributed by atoms with Crippen LogP contribution in [0.3, 0.4) is 0 Å². The first-order chi connectivity index (χ1) is 16.7. The fourth-order valence-corrected chi connectivity index (χ4v) is 6.34. The van der Waals surface area contributed by atoms with Crippen LogP contribution in [0.5, 0.6) is 11.5 Å². The Morgan fingerprint density at radius 1 is 1.06 bits per heavy atom. The molecule has 0 saturated carbocycles. The van der Waals surface area contributed by atoms with E-state index in [1.165, 1.54) is 36.6 Å². The predicted octanol–water partition coefficient (Wildman–Crippen LogP) is 5.19. The summed E-state index contributed by atoms with van der Waals surface area (Å²) in [7, 11) is -1.30. The summed E-state index contributed by atoms with van der Waals surface area (Å²) in [5.74, 6) is 1.73. The maximum Gasteiger partial charge on any atom is 0.147 e.